The first-order valence-electron chi connectivity index (χ1n) is 5.11. The molecule has 1 aromatic rings. The normalized spacial score (nSPS) is 9.73. The number of carbonyl (C=O) groups excluding carboxylic acids is 1. The van der Waals surface area contributed by atoms with Gasteiger partial charge in [-0.15, -0.1) is 0 Å². The van der Waals surface area contributed by atoms with Gasteiger partial charge in [0.25, 0.3) is 0 Å². The minimum atomic E-state index is -0.179. The van der Waals surface area contributed by atoms with Crippen molar-refractivity contribution in [2.75, 3.05) is 7.11 Å². The van der Waals surface area contributed by atoms with E-state index in [1.54, 1.807) is 31.4 Å². The van der Waals surface area contributed by atoms with E-state index in [1.165, 1.54) is 0 Å². The molecule has 0 radical (unpaired) electrons. The molecule has 0 aliphatic heterocycles. The van der Waals surface area contributed by atoms with Crippen molar-refractivity contribution in [1.82, 2.24) is 0 Å². The zero-order valence-electron chi connectivity index (χ0n) is 9.16. The highest BCUT2D eigenvalue weighted by Gasteiger charge is 2.03. The topological polar surface area (TPSA) is 35.5 Å². The van der Waals surface area contributed by atoms with Gasteiger partial charge in [-0.3, -0.25) is 4.79 Å². The van der Waals surface area contributed by atoms with Crippen LogP contribution >= 0.6 is 0 Å². The van der Waals surface area contributed by atoms with Gasteiger partial charge in [0.1, 0.15) is 11.5 Å². The second-order valence-electron chi connectivity index (χ2n) is 3.25. The summed E-state index contributed by atoms with van der Waals surface area (Å²) in [6.07, 6.45) is 2.34. The van der Waals surface area contributed by atoms with E-state index in [9.17, 15) is 4.79 Å². The lowest BCUT2D eigenvalue weighted by Crippen LogP contribution is -2.07. The minimum absolute atomic E-state index is 0.179. The van der Waals surface area contributed by atoms with Crippen LogP contribution in [0.25, 0.3) is 0 Å². The Bertz CT molecular complexity index is 303. The number of rotatable bonds is 5. The Hall–Kier alpha value is -1.51. The van der Waals surface area contributed by atoms with Crippen molar-refractivity contribution in [3.05, 3.63) is 24.3 Å². The molecule has 0 atom stereocenters. The molecule has 0 saturated carbocycles. The summed E-state index contributed by atoms with van der Waals surface area (Å²) in [5.41, 5.74) is 0. The number of ether oxygens (including phenoxy) is 2. The van der Waals surface area contributed by atoms with Crippen LogP contribution < -0.4 is 9.47 Å². The average molecular weight is 208 g/mol. The van der Waals surface area contributed by atoms with E-state index in [4.69, 9.17) is 9.47 Å². The van der Waals surface area contributed by atoms with Gasteiger partial charge in [-0.05, 0) is 30.7 Å². The zero-order valence-corrected chi connectivity index (χ0v) is 9.16. The van der Waals surface area contributed by atoms with Crippen LogP contribution in [0.1, 0.15) is 26.2 Å². The number of carbonyl (C=O) groups is 1. The molecule has 3 nitrogen and oxygen atoms in total. The van der Waals surface area contributed by atoms with Gasteiger partial charge in [-0.2, -0.15) is 0 Å². The van der Waals surface area contributed by atoms with E-state index < -0.39 is 0 Å². The first-order valence-corrected chi connectivity index (χ1v) is 5.11. The van der Waals surface area contributed by atoms with Gasteiger partial charge in [-0.1, -0.05) is 13.3 Å². The van der Waals surface area contributed by atoms with E-state index in [2.05, 4.69) is 0 Å². The molecule has 82 valence electrons. The molecule has 0 fully saturated rings. The molecule has 0 aromatic heterocycles. The van der Waals surface area contributed by atoms with Crippen LogP contribution in [0.5, 0.6) is 11.5 Å². The number of esters is 1. The molecule has 1 aromatic carbocycles. The summed E-state index contributed by atoms with van der Waals surface area (Å²) in [6.45, 7) is 2.04. The molecule has 0 aliphatic carbocycles. The predicted octanol–water partition coefficient (Wildman–Crippen LogP) is 2.79. The van der Waals surface area contributed by atoms with Gasteiger partial charge in [0, 0.05) is 6.42 Å². The Morgan fingerprint density at radius 2 is 1.80 bits per heavy atom. The molecule has 15 heavy (non-hydrogen) atoms. The maximum absolute atomic E-state index is 11.3. The van der Waals surface area contributed by atoms with Crippen molar-refractivity contribution in [2.45, 2.75) is 26.2 Å². The number of hydrogen-bond acceptors (Lipinski definition) is 3. The molecule has 3 heteroatoms. The molecule has 0 spiro atoms. The Kier molecular flexibility index (Phi) is 4.68. The predicted molar refractivity (Wildman–Crippen MR) is 58.2 cm³/mol. The molecule has 0 N–H and O–H groups in total. The number of methoxy groups -OCH3 is 1. The van der Waals surface area contributed by atoms with Gasteiger partial charge < -0.3 is 9.47 Å². The summed E-state index contributed by atoms with van der Waals surface area (Å²) in [5, 5.41) is 0. The second-order valence-corrected chi connectivity index (χ2v) is 3.25. The summed E-state index contributed by atoms with van der Waals surface area (Å²) in [6, 6.07) is 6.98. The quantitative estimate of drug-likeness (QED) is 0.551. The van der Waals surface area contributed by atoms with Gasteiger partial charge >= 0.3 is 5.97 Å². The van der Waals surface area contributed by atoms with Crippen LogP contribution in [0.3, 0.4) is 0 Å². The Balaban J connectivity index is 2.46. The Labute approximate surface area is 90.0 Å². The summed E-state index contributed by atoms with van der Waals surface area (Å²) >= 11 is 0. The molecular formula is C12H16O3. The standard InChI is InChI=1S/C12H16O3/c1-3-4-5-12(13)15-11-8-6-10(14-2)7-9-11/h6-9H,3-5H2,1-2H3. The molecule has 0 unspecified atom stereocenters. The molecule has 1 rings (SSSR count). The average Bonchev–Trinajstić information content (AvgIpc) is 2.27. The van der Waals surface area contributed by atoms with Crippen molar-refractivity contribution in [3.63, 3.8) is 0 Å². The lowest BCUT2D eigenvalue weighted by molar-refractivity contribution is -0.134. The van der Waals surface area contributed by atoms with Crippen molar-refractivity contribution in [3.8, 4) is 11.5 Å². The fourth-order valence-electron chi connectivity index (χ4n) is 1.15. The molecule has 0 bridgehead atoms. The van der Waals surface area contributed by atoms with Gasteiger partial charge in [0.15, 0.2) is 0 Å². The van der Waals surface area contributed by atoms with Gasteiger partial charge in [0.2, 0.25) is 0 Å². The summed E-state index contributed by atoms with van der Waals surface area (Å²) in [4.78, 5) is 11.3. The maximum atomic E-state index is 11.3. The van der Waals surface area contributed by atoms with Gasteiger partial charge in [0.05, 0.1) is 7.11 Å². The van der Waals surface area contributed by atoms with E-state index in [-0.39, 0.29) is 5.97 Å². The summed E-state index contributed by atoms with van der Waals surface area (Å²) in [7, 11) is 1.60. The number of benzene rings is 1. The largest absolute Gasteiger partial charge is 0.497 e. The molecule has 0 heterocycles. The third kappa shape index (κ3) is 4.02. The third-order valence-corrected chi connectivity index (χ3v) is 2.03. The Morgan fingerprint density at radius 1 is 1.20 bits per heavy atom. The van der Waals surface area contributed by atoms with E-state index >= 15 is 0 Å². The molecular weight excluding hydrogens is 192 g/mol. The first-order chi connectivity index (χ1) is 7.26. The van der Waals surface area contributed by atoms with Crippen LogP contribution in [0.2, 0.25) is 0 Å². The number of hydrogen-bond donors (Lipinski definition) is 0. The van der Waals surface area contributed by atoms with Crippen molar-refractivity contribution in [2.24, 2.45) is 0 Å². The maximum Gasteiger partial charge on any atom is 0.311 e. The molecule has 0 saturated heterocycles. The highest BCUT2D eigenvalue weighted by Crippen LogP contribution is 2.17. The Morgan fingerprint density at radius 3 is 2.33 bits per heavy atom. The van der Waals surface area contributed by atoms with Crippen LogP contribution in [0.4, 0.5) is 0 Å². The van der Waals surface area contributed by atoms with Crippen molar-refractivity contribution >= 4 is 5.97 Å². The van der Waals surface area contributed by atoms with Crippen LogP contribution in [-0.4, -0.2) is 13.1 Å². The molecule has 0 aliphatic rings. The van der Waals surface area contributed by atoms with Crippen molar-refractivity contribution < 1.29 is 14.3 Å². The first kappa shape index (κ1) is 11.6. The van der Waals surface area contributed by atoms with Crippen LogP contribution in [0, 0.1) is 0 Å². The van der Waals surface area contributed by atoms with Gasteiger partial charge in [-0.25, -0.2) is 0 Å². The monoisotopic (exact) mass is 208 g/mol. The van der Waals surface area contributed by atoms with Crippen LogP contribution in [0.15, 0.2) is 24.3 Å². The summed E-state index contributed by atoms with van der Waals surface area (Å²) in [5.74, 6) is 1.14. The lowest BCUT2D eigenvalue weighted by Gasteiger charge is -2.04. The van der Waals surface area contributed by atoms with E-state index in [0.717, 1.165) is 18.6 Å². The SMILES string of the molecule is CCCCC(=O)Oc1ccc(OC)cc1. The highest BCUT2D eigenvalue weighted by atomic mass is 16.5. The zero-order chi connectivity index (χ0) is 11.1. The van der Waals surface area contributed by atoms with E-state index in [1.807, 2.05) is 6.92 Å². The van der Waals surface area contributed by atoms with E-state index in [0.29, 0.717) is 12.2 Å². The molecule has 0 amide bonds. The summed E-state index contributed by atoms with van der Waals surface area (Å²) < 4.78 is 10.1. The fraction of sp³-hybridized carbons (Fsp3) is 0.417. The lowest BCUT2D eigenvalue weighted by atomic mass is 10.2. The smallest absolute Gasteiger partial charge is 0.311 e. The highest BCUT2D eigenvalue weighted by molar-refractivity contribution is 5.72. The third-order valence-electron chi connectivity index (χ3n) is 2.03. The van der Waals surface area contributed by atoms with Crippen molar-refractivity contribution in [1.29, 1.82) is 0 Å². The second kappa shape index (κ2) is 6.06. The number of unbranched alkanes of at least 4 members (excludes halogenated alkanes) is 1. The minimum Gasteiger partial charge on any atom is -0.497 e. The van der Waals surface area contributed by atoms with Crippen LogP contribution in [-0.2, 0) is 4.79 Å². The fourth-order valence-corrected chi connectivity index (χ4v) is 1.15.